The number of rotatable bonds is 8. The fraction of sp³-hybridized carbons (Fsp3) is 0.118. The highest BCUT2D eigenvalue weighted by molar-refractivity contribution is 5.85. The lowest BCUT2D eigenvalue weighted by molar-refractivity contribution is 0.737. The number of hydrogen-bond acceptors (Lipinski definition) is 0. The van der Waals surface area contributed by atoms with Gasteiger partial charge in [-0.25, -0.2) is 0 Å². The highest BCUT2D eigenvalue weighted by Gasteiger charge is 2.13. The molecular formula is C34H31N. The van der Waals surface area contributed by atoms with E-state index in [4.69, 9.17) is 0 Å². The minimum absolute atomic E-state index is 0.879. The smallest absolute Gasteiger partial charge is 0.0481 e. The summed E-state index contributed by atoms with van der Waals surface area (Å²) in [5.74, 6) is 0. The van der Waals surface area contributed by atoms with E-state index >= 15 is 0 Å². The van der Waals surface area contributed by atoms with Gasteiger partial charge in [0.05, 0.1) is 0 Å². The van der Waals surface area contributed by atoms with Crippen molar-refractivity contribution in [2.45, 2.75) is 26.3 Å². The molecule has 172 valence electrons. The summed E-state index contributed by atoms with van der Waals surface area (Å²) in [5, 5.41) is 2.63. The van der Waals surface area contributed by atoms with Crippen molar-refractivity contribution in [3.8, 4) is 0 Å². The van der Waals surface area contributed by atoms with Gasteiger partial charge in [0.25, 0.3) is 0 Å². The van der Waals surface area contributed by atoms with Crippen LogP contribution >= 0.6 is 0 Å². The summed E-state index contributed by atoms with van der Waals surface area (Å²) in [4.78, 5) is 0. The summed E-state index contributed by atoms with van der Waals surface area (Å²) >= 11 is 0. The van der Waals surface area contributed by atoms with E-state index in [9.17, 15) is 0 Å². The van der Waals surface area contributed by atoms with Crippen molar-refractivity contribution in [1.29, 1.82) is 0 Å². The first-order valence-corrected chi connectivity index (χ1v) is 12.4. The zero-order valence-corrected chi connectivity index (χ0v) is 20.3. The van der Waals surface area contributed by atoms with Crippen molar-refractivity contribution in [3.05, 3.63) is 155 Å². The van der Waals surface area contributed by atoms with Crippen LogP contribution in [0.3, 0.4) is 0 Å². The van der Waals surface area contributed by atoms with Gasteiger partial charge in [0.15, 0.2) is 0 Å². The van der Waals surface area contributed by atoms with Crippen LogP contribution in [-0.4, -0.2) is 4.57 Å². The van der Waals surface area contributed by atoms with E-state index in [1.165, 1.54) is 44.4 Å². The van der Waals surface area contributed by atoms with Gasteiger partial charge in [-0.2, -0.15) is 0 Å². The monoisotopic (exact) mass is 453 g/mol. The lowest BCUT2D eigenvalue weighted by Gasteiger charge is -2.14. The second-order valence-corrected chi connectivity index (χ2v) is 9.02. The molecule has 1 nitrogen and oxygen atoms in total. The lowest BCUT2D eigenvalue weighted by Crippen LogP contribution is -2.07. The Morgan fingerprint density at radius 1 is 0.600 bits per heavy atom. The number of nitrogens with zero attached hydrogens (tertiary/aromatic N) is 1. The van der Waals surface area contributed by atoms with Crippen molar-refractivity contribution in [3.63, 3.8) is 0 Å². The first kappa shape index (κ1) is 22.7. The summed E-state index contributed by atoms with van der Waals surface area (Å²) in [7, 11) is 0. The Labute approximate surface area is 208 Å². The van der Waals surface area contributed by atoms with Crippen LogP contribution in [0.5, 0.6) is 0 Å². The van der Waals surface area contributed by atoms with E-state index in [0.29, 0.717) is 0 Å². The molecule has 0 amide bonds. The Balaban J connectivity index is 1.47. The van der Waals surface area contributed by atoms with Gasteiger partial charge in [-0.15, -0.1) is 0 Å². The van der Waals surface area contributed by atoms with Gasteiger partial charge < -0.3 is 4.57 Å². The van der Waals surface area contributed by atoms with Crippen molar-refractivity contribution in [2.24, 2.45) is 0 Å². The molecule has 0 aliphatic rings. The zero-order chi connectivity index (χ0) is 23.9. The highest BCUT2D eigenvalue weighted by atomic mass is 15.0. The number of hydrogen-bond donors (Lipinski definition) is 0. The van der Waals surface area contributed by atoms with E-state index < -0.39 is 0 Å². The third-order valence-electron chi connectivity index (χ3n) is 6.58. The van der Waals surface area contributed by atoms with Crippen LogP contribution in [0.25, 0.3) is 22.9 Å². The molecule has 0 fully saturated rings. The number of allylic oxidation sites excluding steroid dienone is 2. The van der Waals surface area contributed by atoms with Crippen LogP contribution in [-0.2, 0) is 19.4 Å². The van der Waals surface area contributed by atoms with Crippen molar-refractivity contribution in [2.75, 3.05) is 0 Å². The summed E-state index contributed by atoms with van der Waals surface area (Å²) in [6, 6.07) is 38.8. The van der Waals surface area contributed by atoms with Crippen molar-refractivity contribution >= 4 is 22.9 Å². The van der Waals surface area contributed by atoms with Gasteiger partial charge in [-0.05, 0) is 52.4 Å². The van der Waals surface area contributed by atoms with E-state index in [1.54, 1.807) is 0 Å². The van der Waals surface area contributed by atoms with Crippen molar-refractivity contribution < 1.29 is 0 Å². The molecule has 5 aromatic rings. The minimum atomic E-state index is 0.879. The number of fused-ring (bicyclic) bond motifs is 1. The molecule has 0 unspecified atom stereocenters. The normalized spacial score (nSPS) is 11.7. The molecule has 0 saturated heterocycles. The maximum atomic E-state index is 2.50. The molecule has 5 rings (SSSR count). The molecule has 1 heteroatoms. The number of aryl methyl sites for hydroxylation is 1. The molecule has 0 radical (unpaired) electrons. The maximum absolute atomic E-state index is 2.50. The Bertz CT molecular complexity index is 1450. The maximum Gasteiger partial charge on any atom is 0.0481 e. The van der Waals surface area contributed by atoms with Crippen LogP contribution in [0.4, 0.5) is 0 Å². The predicted octanol–water partition coefficient (Wildman–Crippen LogP) is 8.51. The Morgan fingerprint density at radius 2 is 1.20 bits per heavy atom. The topological polar surface area (TPSA) is 4.93 Å². The molecule has 1 heterocycles. The first-order chi connectivity index (χ1) is 17.3. The van der Waals surface area contributed by atoms with Crippen LogP contribution in [0.15, 0.2) is 121 Å². The second kappa shape index (κ2) is 10.9. The van der Waals surface area contributed by atoms with Gasteiger partial charge in [0.1, 0.15) is 0 Å². The first-order valence-electron chi connectivity index (χ1n) is 12.4. The van der Waals surface area contributed by atoms with E-state index in [2.05, 4.69) is 145 Å². The fourth-order valence-corrected chi connectivity index (χ4v) is 4.80. The SMILES string of the molecule is Cc1cc(C/C=C\c2ccccc2)c(C/C=C/c2ccccc2)n1Cc1cccc2ccccc12. The third-order valence-corrected chi connectivity index (χ3v) is 6.58. The van der Waals surface area contributed by atoms with E-state index in [-0.39, 0.29) is 0 Å². The minimum Gasteiger partial charge on any atom is -0.344 e. The van der Waals surface area contributed by atoms with Crippen LogP contribution < -0.4 is 0 Å². The van der Waals surface area contributed by atoms with E-state index in [0.717, 1.165) is 19.4 Å². The molecule has 0 saturated carbocycles. The molecule has 0 aliphatic carbocycles. The van der Waals surface area contributed by atoms with Gasteiger partial charge in [-0.1, -0.05) is 127 Å². The zero-order valence-electron chi connectivity index (χ0n) is 20.3. The molecule has 0 bridgehead atoms. The Morgan fingerprint density at radius 3 is 1.91 bits per heavy atom. The van der Waals surface area contributed by atoms with Crippen LogP contribution in [0.2, 0.25) is 0 Å². The molecule has 35 heavy (non-hydrogen) atoms. The van der Waals surface area contributed by atoms with Crippen molar-refractivity contribution in [1.82, 2.24) is 4.57 Å². The fourth-order valence-electron chi connectivity index (χ4n) is 4.80. The van der Waals surface area contributed by atoms with Gasteiger partial charge in [0, 0.05) is 24.4 Å². The molecular weight excluding hydrogens is 422 g/mol. The molecule has 4 aromatic carbocycles. The third kappa shape index (κ3) is 5.53. The number of aromatic nitrogens is 1. The molecule has 0 aliphatic heterocycles. The van der Waals surface area contributed by atoms with Gasteiger partial charge >= 0.3 is 0 Å². The largest absolute Gasteiger partial charge is 0.344 e. The number of benzene rings is 4. The quantitative estimate of drug-likeness (QED) is 0.222. The second-order valence-electron chi connectivity index (χ2n) is 9.02. The van der Waals surface area contributed by atoms with Crippen LogP contribution in [0.1, 0.15) is 33.6 Å². The summed E-state index contributed by atoms with van der Waals surface area (Å²) in [6.45, 7) is 3.12. The summed E-state index contributed by atoms with van der Waals surface area (Å²) in [5.41, 5.74) is 7.94. The molecule has 0 spiro atoms. The van der Waals surface area contributed by atoms with Gasteiger partial charge in [0.2, 0.25) is 0 Å². The summed E-state index contributed by atoms with van der Waals surface area (Å²) < 4.78 is 2.50. The average molecular weight is 454 g/mol. The lowest BCUT2D eigenvalue weighted by atomic mass is 10.0. The molecule has 0 N–H and O–H groups in total. The predicted molar refractivity (Wildman–Crippen MR) is 151 cm³/mol. The summed E-state index contributed by atoms with van der Waals surface area (Å²) in [6.07, 6.45) is 10.9. The molecule has 1 aromatic heterocycles. The standard InChI is InChI=1S/C34H31N/c1-27-25-31(21-10-17-28-13-4-2-5-14-28)34(24-11-18-29-15-6-3-7-16-29)35(27)26-32-22-12-20-30-19-8-9-23-33(30)32/h2-20,22-23,25H,21,24,26H2,1H3/b17-10-,18-11+. The Kier molecular flexibility index (Phi) is 7.05. The molecule has 0 atom stereocenters. The van der Waals surface area contributed by atoms with Gasteiger partial charge in [-0.3, -0.25) is 0 Å². The van der Waals surface area contributed by atoms with E-state index in [1.807, 2.05) is 0 Å². The Hall–Kier alpha value is -4.10. The average Bonchev–Trinajstić information content (AvgIpc) is 3.19. The highest BCUT2D eigenvalue weighted by Crippen LogP contribution is 2.24. The van der Waals surface area contributed by atoms with Crippen LogP contribution in [0, 0.1) is 6.92 Å².